The van der Waals surface area contributed by atoms with Gasteiger partial charge in [-0.15, -0.1) is 24.0 Å². The molecule has 0 unspecified atom stereocenters. The molecule has 23 heavy (non-hydrogen) atoms. The van der Waals surface area contributed by atoms with E-state index < -0.39 is 0 Å². The summed E-state index contributed by atoms with van der Waals surface area (Å²) in [6.45, 7) is 5.64. The minimum absolute atomic E-state index is 0. The van der Waals surface area contributed by atoms with E-state index in [1.54, 1.807) is 6.20 Å². The molecule has 1 heterocycles. The van der Waals surface area contributed by atoms with Crippen molar-refractivity contribution >= 4 is 29.9 Å². The zero-order valence-corrected chi connectivity index (χ0v) is 16.7. The van der Waals surface area contributed by atoms with Crippen LogP contribution in [-0.4, -0.2) is 30.6 Å². The molecule has 0 amide bonds. The van der Waals surface area contributed by atoms with Gasteiger partial charge >= 0.3 is 0 Å². The molecular formula is C17H29IN4O. The Bertz CT molecular complexity index is 487. The zero-order valence-electron chi connectivity index (χ0n) is 14.3. The molecule has 0 aliphatic heterocycles. The number of pyridine rings is 1. The molecule has 2 rings (SSSR count). The van der Waals surface area contributed by atoms with Gasteiger partial charge in [-0.3, -0.25) is 4.99 Å². The molecule has 1 aromatic heterocycles. The van der Waals surface area contributed by atoms with Crippen LogP contribution in [0.2, 0.25) is 0 Å². The highest BCUT2D eigenvalue weighted by molar-refractivity contribution is 14.0. The second-order valence-electron chi connectivity index (χ2n) is 5.96. The Morgan fingerprint density at radius 3 is 2.74 bits per heavy atom. The van der Waals surface area contributed by atoms with Crippen molar-refractivity contribution in [1.29, 1.82) is 0 Å². The molecule has 1 aliphatic rings. The Morgan fingerprint density at radius 1 is 1.35 bits per heavy atom. The molecule has 0 bridgehead atoms. The van der Waals surface area contributed by atoms with Gasteiger partial charge in [0.1, 0.15) is 0 Å². The molecule has 2 N–H and O–H groups in total. The summed E-state index contributed by atoms with van der Waals surface area (Å²) >= 11 is 0. The molecule has 0 saturated heterocycles. The summed E-state index contributed by atoms with van der Waals surface area (Å²) < 4.78 is 5.43. The van der Waals surface area contributed by atoms with E-state index in [9.17, 15) is 0 Å². The highest BCUT2D eigenvalue weighted by Gasteiger charge is 2.18. The molecular weight excluding hydrogens is 403 g/mol. The molecule has 1 fully saturated rings. The van der Waals surface area contributed by atoms with Crippen molar-refractivity contribution in [2.24, 2.45) is 10.9 Å². The van der Waals surface area contributed by atoms with Crippen LogP contribution in [0.1, 0.15) is 45.1 Å². The summed E-state index contributed by atoms with van der Waals surface area (Å²) in [5, 5.41) is 6.90. The number of aliphatic imine (C=N–C) groups is 1. The van der Waals surface area contributed by atoms with Gasteiger partial charge in [-0.25, -0.2) is 4.98 Å². The molecule has 1 aliphatic carbocycles. The number of guanidine groups is 1. The average molecular weight is 432 g/mol. The molecule has 1 aromatic rings. The number of nitrogens with one attached hydrogen (secondary N) is 2. The molecule has 0 aromatic carbocycles. The van der Waals surface area contributed by atoms with Crippen LogP contribution in [-0.2, 0) is 6.54 Å². The Morgan fingerprint density at radius 2 is 2.09 bits per heavy atom. The number of aromatic nitrogens is 1. The van der Waals surface area contributed by atoms with Crippen molar-refractivity contribution < 1.29 is 4.74 Å². The third kappa shape index (κ3) is 6.93. The van der Waals surface area contributed by atoms with E-state index >= 15 is 0 Å². The van der Waals surface area contributed by atoms with Crippen LogP contribution in [0, 0.1) is 5.92 Å². The van der Waals surface area contributed by atoms with Crippen molar-refractivity contribution in [2.75, 3.05) is 13.7 Å². The standard InChI is InChI=1S/C17H28N4O.HI/c1-4-22-16-11-14(9-10-19-16)12-20-17(18-3)21-15-7-5-13(2)6-8-15;/h9-11,13,15H,4-8,12H2,1-3H3,(H2,18,20,21);1H. The third-order valence-electron chi connectivity index (χ3n) is 4.13. The first-order chi connectivity index (χ1) is 10.7. The predicted octanol–water partition coefficient (Wildman–Crippen LogP) is 3.34. The van der Waals surface area contributed by atoms with Gasteiger partial charge in [-0.2, -0.15) is 0 Å². The number of hydrogen-bond acceptors (Lipinski definition) is 3. The van der Waals surface area contributed by atoms with Crippen LogP contribution >= 0.6 is 24.0 Å². The molecule has 1 saturated carbocycles. The van der Waals surface area contributed by atoms with Gasteiger partial charge in [-0.1, -0.05) is 6.92 Å². The summed E-state index contributed by atoms with van der Waals surface area (Å²) in [5.74, 6) is 2.40. The molecule has 5 nitrogen and oxygen atoms in total. The van der Waals surface area contributed by atoms with Crippen molar-refractivity contribution in [3.8, 4) is 5.88 Å². The fraction of sp³-hybridized carbons (Fsp3) is 0.647. The predicted molar refractivity (Wildman–Crippen MR) is 106 cm³/mol. The van der Waals surface area contributed by atoms with E-state index in [1.165, 1.54) is 25.7 Å². The number of nitrogens with zero attached hydrogens (tertiary/aromatic N) is 2. The summed E-state index contributed by atoms with van der Waals surface area (Å²) in [4.78, 5) is 8.50. The van der Waals surface area contributed by atoms with E-state index in [2.05, 4.69) is 27.5 Å². The molecule has 0 spiro atoms. The fourth-order valence-electron chi connectivity index (χ4n) is 2.77. The number of hydrogen-bond donors (Lipinski definition) is 2. The van der Waals surface area contributed by atoms with Crippen LogP contribution in [0.25, 0.3) is 0 Å². The smallest absolute Gasteiger partial charge is 0.213 e. The number of rotatable bonds is 5. The maximum Gasteiger partial charge on any atom is 0.213 e. The molecule has 0 radical (unpaired) electrons. The summed E-state index contributed by atoms with van der Waals surface area (Å²) in [6, 6.07) is 4.50. The zero-order chi connectivity index (χ0) is 15.8. The second kappa shape index (κ2) is 10.7. The average Bonchev–Trinajstić information content (AvgIpc) is 2.54. The van der Waals surface area contributed by atoms with Gasteiger partial charge in [0.05, 0.1) is 6.61 Å². The number of halogens is 1. The Balaban J connectivity index is 0.00000264. The lowest BCUT2D eigenvalue weighted by Crippen LogP contribution is -2.44. The van der Waals surface area contributed by atoms with Crippen LogP contribution in [0.15, 0.2) is 23.3 Å². The van der Waals surface area contributed by atoms with Crippen molar-refractivity contribution in [1.82, 2.24) is 15.6 Å². The minimum atomic E-state index is 0. The van der Waals surface area contributed by atoms with Crippen molar-refractivity contribution in [2.45, 2.75) is 52.1 Å². The highest BCUT2D eigenvalue weighted by atomic mass is 127. The quantitative estimate of drug-likeness (QED) is 0.426. The maximum atomic E-state index is 5.43. The third-order valence-corrected chi connectivity index (χ3v) is 4.13. The first kappa shape index (κ1) is 20.0. The van der Waals surface area contributed by atoms with Gasteiger partial charge in [0.25, 0.3) is 0 Å². The largest absolute Gasteiger partial charge is 0.478 e. The van der Waals surface area contributed by atoms with Gasteiger partial charge in [0, 0.05) is 31.9 Å². The van der Waals surface area contributed by atoms with Gasteiger partial charge in [0.2, 0.25) is 5.88 Å². The lowest BCUT2D eigenvalue weighted by Gasteiger charge is -2.28. The van der Waals surface area contributed by atoms with Gasteiger partial charge < -0.3 is 15.4 Å². The highest BCUT2D eigenvalue weighted by Crippen LogP contribution is 2.23. The van der Waals surface area contributed by atoms with Crippen LogP contribution in [0.3, 0.4) is 0 Å². The normalized spacial score (nSPS) is 21.3. The summed E-state index contributed by atoms with van der Waals surface area (Å²) in [6.07, 6.45) is 6.84. The monoisotopic (exact) mass is 432 g/mol. The maximum absolute atomic E-state index is 5.43. The number of ether oxygens (including phenoxy) is 1. The van der Waals surface area contributed by atoms with Crippen molar-refractivity contribution in [3.05, 3.63) is 23.9 Å². The van der Waals surface area contributed by atoms with Gasteiger partial charge in [-0.05, 0) is 50.2 Å². The summed E-state index contributed by atoms with van der Waals surface area (Å²) in [5.41, 5.74) is 1.14. The molecule has 6 heteroatoms. The molecule has 0 atom stereocenters. The SMILES string of the molecule is CCOc1cc(CNC(=NC)NC2CCC(C)CC2)ccn1.I. The first-order valence-electron chi connectivity index (χ1n) is 8.26. The molecule has 130 valence electrons. The first-order valence-corrected chi connectivity index (χ1v) is 8.26. The van der Waals surface area contributed by atoms with Crippen molar-refractivity contribution in [3.63, 3.8) is 0 Å². The van der Waals surface area contributed by atoms with E-state index in [-0.39, 0.29) is 24.0 Å². The van der Waals surface area contributed by atoms with Crippen LogP contribution in [0.5, 0.6) is 5.88 Å². The Kier molecular flexibility index (Phi) is 9.28. The summed E-state index contributed by atoms with van der Waals surface area (Å²) in [7, 11) is 1.82. The van der Waals surface area contributed by atoms with Gasteiger partial charge in [0.15, 0.2) is 5.96 Å². The fourth-order valence-corrected chi connectivity index (χ4v) is 2.77. The minimum Gasteiger partial charge on any atom is -0.478 e. The van der Waals surface area contributed by atoms with Crippen LogP contribution in [0.4, 0.5) is 0 Å². The second-order valence-corrected chi connectivity index (χ2v) is 5.96. The van der Waals surface area contributed by atoms with Crippen LogP contribution < -0.4 is 15.4 Å². The lowest BCUT2D eigenvalue weighted by molar-refractivity contribution is 0.326. The topological polar surface area (TPSA) is 58.5 Å². The van der Waals surface area contributed by atoms with E-state index in [4.69, 9.17) is 4.74 Å². The Hall–Kier alpha value is -1.05. The Labute approximate surface area is 156 Å². The van der Waals surface area contributed by atoms with E-state index in [0.717, 1.165) is 17.4 Å². The van der Waals surface area contributed by atoms with E-state index in [0.29, 0.717) is 25.1 Å². The van der Waals surface area contributed by atoms with E-state index in [1.807, 2.05) is 26.1 Å². The lowest BCUT2D eigenvalue weighted by atomic mass is 9.87.